The topological polar surface area (TPSA) is 48.4 Å². The molecule has 7 heteroatoms. The molecular formula is C9H8F3NO3. The van der Waals surface area contributed by atoms with Crippen molar-refractivity contribution in [3.05, 3.63) is 23.3 Å². The zero-order valence-electron chi connectivity index (χ0n) is 8.46. The maximum absolute atomic E-state index is 13.4. The molecule has 0 spiro atoms. The number of hydrogen-bond donors (Lipinski definition) is 0. The molecule has 1 rings (SSSR count). The third-order valence-electron chi connectivity index (χ3n) is 1.82. The molecule has 0 N–H and O–H groups in total. The first-order valence-electron chi connectivity index (χ1n) is 4.11. The number of nitrogens with zero attached hydrogens (tertiary/aromatic N) is 1. The number of pyridine rings is 1. The predicted molar refractivity (Wildman–Crippen MR) is 47.0 cm³/mol. The molecule has 0 fully saturated rings. The molecule has 0 amide bonds. The van der Waals surface area contributed by atoms with Crippen LogP contribution in [0.1, 0.15) is 22.5 Å². The first-order chi connectivity index (χ1) is 7.52. The fourth-order valence-corrected chi connectivity index (χ4v) is 1.09. The van der Waals surface area contributed by atoms with E-state index in [0.29, 0.717) is 0 Å². The molecule has 16 heavy (non-hydrogen) atoms. The fourth-order valence-electron chi connectivity index (χ4n) is 1.09. The monoisotopic (exact) mass is 235 g/mol. The van der Waals surface area contributed by atoms with Crippen LogP contribution in [-0.4, -0.2) is 25.2 Å². The lowest BCUT2D eigenvalue weighted by Crippen LogP contribution is -2.09. The van der Waals surface area contributed by atoms with Crippen LogP contribution in [0, 0.1) is 5.82 Å². The lowest BCUT2D eigenvalue weighted by atomic mass is 10.2. The van der Waals surface area contributed by atoms with Gasteiger partial charge in [-0.25, -0.2) is 18.0 Å². The molecule has 1 aromatic rings. The van der Waals surface area contributed by atoms with Crippen LogP contribution < -0.4 is 4.74 Å². The van der Waals surface area contributed by atoms with Crippen molar-refractivity contribution in [3.8, 4) is 5.75 Å². The summed E-state index contributed by atoms with van der Waals surface area (Å²) in [6.45, 7) is 0. The lowest BCUT2D eigenvalue weighted by molar-refractivity contribution is 0.0594. The van der Waals surface area contributed by atoms with Crippen molar-refractivity contribution < 1.29 is 27.4 Å². The Morgan fingerprint density at radius 2 is 2.06 bits per heavy atom. The van der Waals surface area contributed by atoms with Crippen molar-refractivity contribution in [2.45, 2.75) is 6.43 Å². The van der Waals surface area contributed by atoms with E-state index in [2.05, 4.69) is 14.5 Å². The van der Waals surface area contributed by atoms with Gasteiger partial charge in [-0.1, -0.05) is 0 Å². The van der Waals surface area contributed by atoms with Gasteiger partial charge in [0.25, 0.3) is 6.43 Å². The van der Waals surface area contributed by atoms with E-state index >= 15 is 0 Å². The molecule has 88 valence electrons. The van der Waals surface area contributed by atoms with E-state index in [1.54, 1.807) is 0 Å². The summed E-state index contributed by atoms with van der Waals surface area (Å²) >= 11 is 0. The molecule has 0 aliphatic carbocycles. The maximum atomic E-state index is 13.4. The van der Waals surface area contributed by atoms with Crippen molar-refractivity contribution in [1.82, 2.24) is 4.98 Å². The van der Waals surface area contributed by atoms with Gasteiger partial charge in [0, 0.05) is 6.20 Å². The second kappa shape index (κ2) is 4.82. The van der Waals surface area contributed by atoms with Gasteiger partial charge < -0.3 is 9.47 Å². The highest BCUT2D eigenvalue weighted by Gasteiger charge is 2.25. The second-order valence-electron chi connectivity index (χ2n) is 2.70. The van der Waals surface area contributed by atoms with Crippen LogP contribution in [0.2, 0.25) is 0 Å². The molecule has 0 saturated heterocycles. The number of carbonyl (C=O) groups excluding carboxylic acids is 1. The smallest absolute Gasteiger partial charge is 0.343 e. The van der Waals surface area contributed by atoms with Crippen molar-refractivity contribution in [2.75, 3.05) is 14.2 Å². The van der Waals surface area contributed by atoms with Gasteiger partial charge >= 0.3 is 5.97 Å². The molecule has 0 aliphatic rings. The Labute approximate surface area is 89.0 Å². The summed E-state index contributed by atoms with van der Waals surface area (Å²) in [4.78, 5) is 14.3. The fraction of sp³-hybridized carbons (Fsp3) is 0.333. The van der Waals surface area contributed by atoms with Crippen LogP contribution in [0.5, 0.6) is 5.75 Å². The third-order valence-corrected chi connectivity index (χ3v) is 1.82. The summed E-state index contributed by atoms with van der Waals surface area (Å²) in [7, 11) is 2.13. The van der Waals surface area contributed by atoms with E-state index in [0.717, 1.165) is 20.4 Å². The van der Waals surface area contributed by atoms with E-state index in [4.69, 9.17) is 0 Å². The molecule has 0 saturated carbocycles. The highest BCUT2D eigenvalue weighted by Crippen LogP contribution is 2.29. The second-order valence-corrected chi connectivity index (χ2v) is 2.70. The Bertz CT molecular complexity index is 409. The molecule has 0 bridgehead atoms. The number of aromatic nitrogens is 1. The summed E-state index contributed by atoms with van der Waals surface area (Å²) in [5.74, 6) is -2.87. The van der Waals surface area contributed by atoms with E-state index in [1.165, 1.54) is 0 Å². The van der Waals surface area contributed by atoms with Crippen LogP contribution in [0.25, 0.3) is 0 Å². The molecule has 0 aliphatic heterocycles. The average molecular weight is 235 g/mol. The van der Waals surface area contributed by atoms with Gasteiger partial charge in [0.2, 0.25) is 0 Å². The molecular weight excluding hydrogens is 227 g/mol. The lowest BCUT2D eigenvalue weighted by Gasteiger charge is -2.09. The summed E-state index contributed by atoms with van der Waals surface area (Å²) in [6.07, 6.45) is -2.30. The van der Waals surface area contributed by atoms with Gasteiger partial charge in [-0.2, -0.15) is 0 Å². The number of hydrogen-bond acceptors (Lipinski definition) is 4. The molecule has 0 atom stereocenters. The van der Waals surface area contributed by atoms with Gasteiger partial charge in [-0.05, 0) is 0 Å². The predicted octanol–water partition coefficient (Wildman–Crippen LogP) is 1.95. The minimum absolute atomic E-state index is 0.341. The maximum Gasteiger partial charge on any atom is 0.343 e. The van der Waals surface area contributed by atoms with Gasteiger partial charge in [0.15, 0.2) is 11.6 Å². The van der Waals surface area contributed by atoms with Crippen molar-refractivity contribution in [2.24, 2.45) is 0 Å². The molecule has 0 radical (unpaired) electrons. The molecule has 1 heterocycles. The Morgan fingerprint density at radius 1 is 1.44 bits per heavy atom. The third kappa shape index (κ3) is 2.07. The van der Waals surface area contributed by atoms with Gasteiger partial charge in [-0.3, -0.25) is 4.98 Å². The van der Waals surface area contributed by atoms with Crippen LogP contribution >= 0.6 is 0 Å². The first-order valence-corrected chi connectivity index (χ1v) is 4.11. The Morgan fingerprint density at radius 3 is 2.50 bits per heavy atom. The Balaban J connectivity index is 3.35. The number of esters is 1. The van der Waals surface area contributed by atoms with E-state index in [-0.39, 0.29) is 5.56 Å². The number of methoxy groups -OCH3 is 2. The van der Waals surface area contributed by atoms with Crippen LogP contribution in [0.3, 0.4) is 0 Å². The quantitative estimate of drug-likeness (QED) is 0.751. The highest BCUT2D eigenvalue weighted by molar-refractivity contribution is 5.92. The average Bonchev–Trinajstić information content (AvgIpc) is 2.26. The number of rotatable bonds is 3. The standard InChI is InChI=1S/C9H8F3NO3/c1-15-7-4(9(14)16-2)3-13-6(5(7)10)8(11)12/h3,8H,1-2H3. The highest BCUT2D eigenvalue weighted by atomic mass is 19.3. The van der Waals surface area contributed by atoms with E-state index in [9.17, 15) is 18.0 Å². The van der Waals surface area contributed by atoms with E-state index in [1.807, 2.05) is 0 Å². The van der Waals surface area contributed by atoms with Crippen LogP contribution in [0.4, 0.5) is 13.2 Å². The van der Waals surface area contributed by atoms with Crippen molar-refractivity contribution in [3.63, 3.8) is 0 Å². The number of ether oxygens (including phenoxy) is 2. The summed E-state index contributed by atoms with van der Waals surface area (Å²) < 4.78 is 46.8. The SMILES string of the molecule is COC(=O)c1cnc(C(F)F)c(F)c1OC. The minimum atomic E-state index is -3.08. The van der Waals surface area contributed by atoms with Gasteiger partial charge in [-0.15, -0.1) is 0 Å². The van der Waals surface area contributed by atoms with Crippen molar-refractivity contribution in [1.29, 1.82) is 0 Å². The molecule has 4 nitrogen and oxygen atoms in total. The van der Waals surface area contributed by atoms with E-state index < -0.39 is 29.7 Å². The largest absolute Gasteiger partial charge is 0.493 e. The molecule has 1 aromatic heterocycles. The molecule has 0 aromatic carbocycles. The van der Waals surface area contributed by atoms with Gasteiger partial charge in [0.05, 0.1) is 14.2 Å². The summed E-state index contributed by atoms with van der Waals surface area (Å²) in [5.41, 5.74) is -1.41. The zero-order chi connectivity index (χ0) is 12.3. The van der Waals surface area contributed by atoms with Gasteiger partial charge in [0.1, 0.15) is 11.3 Å². The summed E-state index contributed by atoms with van der Waals surface area (Å²) in [6, 6.07) is 0. The number of halogens is 3. The number of alkyl halides is 2. The zero-order valence-corrected chi connectivity index (χ0v) is 8.46. The van der Waals surface area contributed by atoms with Crippen molar-refractivity contribution >= 4 is 5.97 Å². The van der Waals surface area contributed by atoms with Crippen LogP contribution in [-0.2, 0) is 4.74 Å². The summed E-state index contributed by atoms with van der Waals surface area (Å²) in [5, 5.41) is 0. The Hall–Kier alpha value is -1.79. The minimum Gasteiger partial charge on any atom is -0.493 e. The number of carbonyl (C=O) groups is 1. The van der Waals surface area contributed by atoms with Crippen LogP contribution in [0.15, 0.2) is 6.20 Å². The molecule has 0 unspecified atom stereocenters. The first kappa shape index (κ1) is 12.3. The normalized spacial score (nSPS) is 10.4. The Kier molecular flexibility index (Phi) is 3.70.